The molecule has 8 nitrogen and oxygen atoms in total. The van der Waals surface area contributed by atoms with Crippen LogP contribution in [0.2, 0.25) is 0 Å². The van der Waals surface area contributed by atoms with Crippen LogP contribution in [-0.2, 0) is 9.53 Å². The van der Waals surface area contributed by atoms with E-state index in [4.69, 9.17) is 19.3 Å². The molecule has 0 aliphatic carbocycles. The molecule has 4 heterocycles. The zero-order valence-corrected chi connectivity index (χ0v) is 16.9. The molecule has 0 amide bonds. The van der Waals surface area contributed by atoms with E-state index in [1.807, 2.05) is 6.07 Å². The summed E-state index contributed by atoms with van der Waals surface area (Å²) in [5.74, 6) is -0.746. The number of aromatic nitrogens is 1. The van der Waals surface area contributed by atoms with E-state index in [1.165, 1.54) is 17.1 Å². The summed E-state index contributed by atoms with van der Waals surface area (Å²) in [5, 5.41) is 9.81. The number of nitrogens with zero attached hydrogens (tertiary/aromatic N) is 2. The molecule has 4 rings (SSSR count). The number of rotatable bonds is 4. The Morgan fingerprint density at radius 2 is 2.07 bits per heavy atom. The fourth-order valence-corrected chi connectivity index (χ4v) is 4.41. The van der Waals surface area contributed by atoms with Crippen molar-refractivity contribution < 1.29 is 18.4 Å². The second kappa shape index (κ2) is 7.57. The predicted molar refractivity (Wildman–Crippen MR) is 109 cm³/mol. The van der Waals surface area contributed by atoms with Gasteiger partial charge in [-0.25, -0.2) is 4.79 Å². The van der Waals surface area contributed by atoms with Crippen LogP contribution in [-0.4, -0.2) is 16.6 Å². The minimum absolute atomic E-state index is 0.0394. The van der Waals surface area contributed by atoms with E-state index in [9.17, 15) is 14.9 Å². The fraction of sp³-hybridized carbons (Fsp3) is 0.190. The number of fused-ring (bicyclic) bond motifs is 1. The van der Waals surface area contributed by atoms with Gasteiger partial charge in [0.1, 0.15) is 22.0 Å². The van der Waals surface area contributed by atoms with Crippen LogP contribution >= 0.6 is 11.3 Å². The number of allylic oxidation sites excluding steroid dienone is 1. The van der Waals surface area contributed by atoms with Crippen molar-refractivity contribution in [3.63, 3.8) is 0 Å². The van der Waals surface area contributed by atoms with Gasteiger partial charge in [-0.1, -0.05) is 0 Å². The highest BCUT2D eigenvalue weighted by Gasteiger charge is 2.38. The summed E-state index contributed by atoms with van der Waals surface area (Å²) in [4.78, 5) is 26.2. The third kappa shape index (κ3) is 3.17. The van der Waals surface area contributed by atoms with E-state index in [-0.39, 0.29) is 17.0 Å². The average Bonchev–Trinajstić information content (AvgIpc) is 3.44. The monoisotopic (exact) mass is 423 g/mol. The molecule has 0 radical (unpaired) electrons. The summed E-state index contributed by atoms with van der Waals surface area (Å²) in [6.07, 6.45) is 4.09. The number of hydrogen-bond acceptors (Lipinski definition) is 8. The third-order valence-electron chi connectivity index (χ3n) is 4.48. The minimum atomic E-state index is -0.884. The summed E-state index contributed by atoms with van der Waals surface area (Å²) in [6.45, 7) is 3.44. The minimum Gasteiger partial charge on any atom is -0.468 e. The molecule has 0 saturated carbocycles. The SMILES string of the molecule is CC(C)OC(=O)C1=c2s/c(=C/c3ccco3)c(=O)n2C(N)=C(C#N)[C@@H]1c1ccco1. The number of hydrogen-bond donors (Lipinski definition) is 1. The highest BCUT2D eigenvalue weighted by atomic mass is 32.1. The van der Waals surface area contributed by atoms with Crippen LogP contribution in [0.15, 0.2) is 56.0 Å². The number of esters is 1. The van der Waals surface area contributed by atoms with Crippen molar-refractivity contribution in [3.8, 4) is 6.07 Å². The van der Waals surface area contributed by atoms with Crippen LogP contribution in [0.5, 0.6) is 0 Å². The molecule has 1 aliphatic rings. The Bertz CT molecular complexity index is 1350. The maximum atomic E-state index is 13.1. The maximum absolute atomic E-state index is 13.1. The Labute approximate surface area is 174 Å². The number of nitriles is 1. The summed E-state index contributed by atoms with van der Waals surface area (Å²) in [5.41, 5.74) is 5.95. The van der Waals surface area contributed by atoms with Gasteiger partial charge in [0.05, 0.1) is 46.3 Å². The lowest BCUT2D eigenvalue weighted by molar-refractivity contribution is -0.140. The van der Waals surface area contributed by atoms with E-state index >= 15 is 0 Å². The van der Waals surface area contributed by atoms with E-state index in [0.29, 0.717) is 20.7 Å². The summed E-state index contributed by atoms with van der Waals surface area (Å²) in [6, 6.07) is 8.73. The number of carbonyl (C=O) groups is 1. The largest absolute Gasteiger partial charge is 0.468 e. The van der Waals surface area contributed by atoms with Gasteiger partial charge in [0.25, 0.3) is 5.56 Å². The normalized spacial score (nSPS) is 16.7. The number of carbonyl (C=O) groups excluding carboxylic acids is 1. The second-order valence-electron chi connectivity index (χ2n) is 6.80. The van der Waals surface area contributed by atoms with Gasteiger partial charge in [0, 0.05) is 6.08 Å². The second-order valence-corrected chi connectivity index (χ2v) is 7.83. The molecule has 0 unspecified atom stereocenters. The van der Waals surface area contributed by atoms with E-state index in [0.717, 1.165) is 11.3 Å². The van der Waals surface area contributed by atoms with Crippen molar-refractivity contribution in [2.24, 2.45) is 5.73 Å². The van der Waals surface area contributed by atoms with Gasteiger partial charge in [-0.3, -0.25) is 9.36 Å². The van der Waals surface area contributed by atoms with Crippen molar-refractivity contribution in [2.45, 2.75) is 25.9 Å². The Morgan fingerprint density at radius 1 is 1.33 bits per heavy atom. The van der Waals surface area contributed by atoms with E-state index in [1.54, 1.807) is 44.2 Å². The van der Waals surface area contributed by atoms with Crippen molar-refractivity contribution >= 4 is 34.8 Å². The highest BCUT2D eigenvalue weighted by molar-refractivity contribution is 7.07. The van der Waals surface area contributed by atoms with E-state index in [2.05, 4.69) is 0 Å². The van der Waals surface area contributed by atoms with Crippen molar-refractivity contribution in [1.82, 2.24) is 4.57 Å². The lowest BCUT2D eigenvalue weighted by atomic mass is 9.88. The average molecular weight is 423 g/mol. The lowest BCUT2D eigenvalue weighted by Crippen LogP contribution is -2.40. The molecule has 30 heavy (non-hydrogen) atoms. The Hall–Kier alpha value is -3.77. The molecule has 1 aliphatic heterocycles. The van der Waals surface area contributed by atoms with Crippen LogP contribution in [0.25, 0.3) is 17.5 Å². The number of furan rings is 2. The number of nitrogens with two attached hydrogens (primary N) is 1. The van der Waals surface area contributed by atoms with Crippen LogP contribution in [0, 0.1) is 11.3 Å². The molecular formula is C21H17N3O5S. The first-order valence-electron chi connectivity index (χ1n) is 9.08. The fourth-order valence-electron chi connectivity index (χ4n) is 3.26. The van der Waals surface area contributed by atoms with Gasteiger partial charge < -0.3 is 19.3 Å². The summed E-state index contributed by atoms with van der Waals surface area (Å²) >= 11 is 1.07. The quantitative estimate of drug-likeness (QED) is 0.630. The zero-order chi connectivity index (χ0) is 21.4. The van der Waals surface area contributed by atoms with Gasteiger partial charge in [-0.05, 0) is 38.1 Å². The lowest BCUT2D eigenvalue weighted by Gasteiger charge is -2.23. The third-order valence-corrected chi connectivity index (χ3v) is 5.58. The first kappa shape index (κ1) is 19.5. The van der Waals surface area contributed by atoms with Gasteiger partial charge in [-0.2, -0.15) is 5.26 Å². The zero-order valence-electron chi connectivity index (χ0n) is 16.1. The molecule has 1 atom stereocenters. The summed E-state index contributed by atoms with van der Waals surface area (Å²) in [7, 11) is 0. The van der Waals surface area contributed by atoms with Crippen LogP contribution in [0.3, 0.4) is 0 Å². The number of thiazole rings is 1. The first-order chi connectivity index (χ1) is 14.4. The molecule has 3 aromatic rings. The summed E-state index contributed by atoms with van der Waals surface area (Å²) < 4.78 is 18.0. The maximum Gasteiger partial charge on any atom is 0.338 e. The predicted octanol–water partition coefficient (Wildman–Crippen LogP) is 1.48. The molecular weight excluding hydrogens is 406 g/mol. The van der Waals surface area contributed by atoms with Crippen LogP contribution < -0.4 is 20.5 Å². The molecule has 3 aromatic heterocycles. The Kier molecular flexibility index (Phi) is 4.93. The first-order valence-corrected chi connectivity index (χ1v) is 9.89. The Morgan fingerprint density at radius 3 is 2.67 bits per heavy atom. The molecule has 9 heteroatoms. The van der Waals surface area contributed by atoms with Crippen LogP contribution in [0.4, 0.5) is 0 Å². The molecule has 0 bridgehead atoms. The highest BCUT2D eigenvalue weighted by Crippen LogP contribution is 2.36. The van der Waals surface area contributed by atoms with Gasteiger partial charge in [0.15, 0.2) is 0 Å². The van der Waals surface area contributed by atoms with Crippen molar-refractivity contribution in [1.29, 1.82) is 5.26 Å². The van der Waals surface area contributed by atoms with E-state index < -0.39 is 23.6 Å². The van der Waals surface area contributed by atoms with Crippen molar-refractivity contribution in [2.75, 3.05) is 0 Å². The smallest absolute Gasteiger partial charge is 0.338 e. The van der Waals surface area contributed by atoms with Gasteiger partial charge in [-0.15, -0.1) is 11.3 Å². The molecule has 0 aromatic carbocycles. The molecule has 0 spiro atoms. The standard InChI is InChI=1S/C21H17N3O5S/c1-11(2)29-21(26)17-16(14-6-4-8-28-14)13(10-22)18(23)24-19(25)15(30-20(17)24)9-12-5-3-7-27-12/h3-9,11,16H,23H2,1-2H3/b15-9+/t16-/m1/s1. The molecule has 0 saturated heterocycles. The van der Waals surface area contributed by atoms with Crippen LogP contribution in [0.1, 0.15) is 31.3 Å². The van der Waals surface area contributed by atoms with Gasteiger partial charge >= 0.3 is 5.97 Å². The molecule has 2 N–H and O–H groups in total. The molecule has 152 valence electrons. The topological polar surface area (TPSA) is 124 Å². The van der Waals surface area contributed by atoms with Crippen molar-refractivity contribution in [3.05, 3.63) is 73.4 Å². The number of ether oxygens (including phenoxy) is 1. The molecule has 0 fully saturated rings. The Balaban J connectivity index is 2.10. The van der Waals surface area contributed by atoms with Gasteiger partial charge in [0.2, 0.25) is 0 Å².